The molecule has 3 unspecified atom stereocenters. The Bertz CT molecular complexity index is 830. The van der Waals surface area contributed by atoms with E-state index in [9.17, 15) is 14.7 Å². The Balaban J connectivity index is 1.93. The number of Topliss-reactive ketones (excluding diaryl/α,β-unsaturated/α-hetero) is 2. The molecule has 0 radical (unpaired) electrons. The molecule has 0 bridgehead atoms. The van der Waals surface area contributed by atoms with Gasteiger partial charge < -0.3 is 9.84 Å². The van der Waals surface area contributed by atoms with Gasteiger partial charge in [0, 0.05) is 42.4 Å². The molecule has 0 saturated carbocycles. The number of fused-ring (bicyclic) bond motifs is 1. The first-order chi connectivity index (χ1) is 12.0. The molecule has 1 aliphatic heterocycles. The van der Waals surface area contributed by atoms with Gasteiger partial charge in [-0.1, -0.05) is 32.0 Å². The molecule has 0 amide bonds. The molecule has 0 aromatic heterocycles. The van der Waals surface area contributed by atoms with Crippen molar-refractivity contribution < 1.29 is 19.4 Å². The summed E-state index contributed by atoms with van der Waals surface area (Å²) in [7, 11) is 0. The fourth-order valence-corrected chi connectivity index (χ4v) is 4.33. The number of carbonyl (C=O) groups excluding carboxylic acids is 2. The van der Waals surface area contributed by atoms with Gasteiger partial charge in [0.15, 0.2) is 11.6 Å². The summed E-state index contributed by atoms with van der Waals surface area (Å²) in [4.78, 5) is 25.6. The average Bonchev–Trinajstić information content (AvgIpc) is 2.52. The van der Waals surface area contributed by atoms with E-state index in [0.29, 0.717) is 48.3 Å². The number of hydrogen-bond acceptors (Lipinski definition) is 4. The summed E-state index contributed by atoms with van der Waals surface area (Å²) < 4.78 is 6.03. The van der Waals surface area contributed by atoms with Crippen molar-refractivity contribution in [1.29, 1.82) is 0 Å². The summed E-state index contributed by atoms with van der Waals surface area (Å²) in [6.45, 7) is 3.99. The highest BCUT2D eigenvalue weighted by atomic mass is 16.5. The minimum absolute atomic E-state index is 0.0278. The molecule has 0 fully saturated rings. The fourth-order valence-electron chi connectivity index (χ4n) is 4.33. The van der Waals surface area contributed by atoms with Crippen LogP contribution in [0.2, 0.25) is 0 Å². The zero-order valence-electron chi connectivity index (χ0n) is 14.5. The van der Waals surface area contributed by atoms with Crippen molar-refractivity contribution >= 4 is 11.6 Å². The quantitative estimate of drug-likeness (QED) is 0.832. The Kier molecular flexibility index (Phi) is 3.78. The summed E-state index contributed by atoms with van der Waals surface area (Å²) in [6.07, 6.45) is 2.03. The number of aliphatic hydroxyl groups excluding tert-OH is 1. The van der Waals surface area contributed by atoms with Crippen LogP contribution in [0.25, 0.3) is 0 Å². The van der Waals surface area contributed by atoms with Crippen molar-refractivity contribution in [3.63, 3.8) is 0 Å². The molecule has 1 aromatic rings. The third-order valence-electron chi connectivity index (χ3n) is 5.40. The van der Waals surface area contributed by atoms with Crippen LogP contribution >= 0.6 is 0 Å². The lowest BCUT2D eigenvalue weighted by Crippen LogP contribution is -2.32. The van der Waals surface area contributed by atoms with Crippen molar-refractivity contribution in [3.05, 3.63) is 52.5 Å². The largest absolute Gasteiger partial charge is 0.512 e. The number of rotatable bonds is 1. The maximum absolute atomic E-state index is 12.8. The van der Waals surface area contributed by atoms with Gasteiger partial charge in [0.05, 0.1) is 5.92 Å². The molecule has 25 heavy (non-hydrogen) atoms. The standard InChI is InChI=1S/C21H22O4/c1-11-7-14(22)20(15(23)8-11)19-13-5-3-4-6-17(13)25-18-10-12(2)9-16(24)21(18)19/h3-6,11-12,19,22H,7-10H2,1-2H3. The number of benzene rings is 1. The van der Waals surface area contributed by atoms with Crippen LogP contribution in [-0.2, 0) is 9.59 Å². The summed E-state index contributed by atoms with van der Waals surface area (Å²) in [5.74, 6) is 1.29. The summed E-state index contributed by atoms with van der Waals surface area (Å²) in [6, 6.07) is 7.52. The van der Waals surface area contributed by atoms with E-state index in [1.807, 2.05) is 38.1 Å². The number of hydrogen-bond donors (Lipinski definition) is 1. The minimum atomic E-state index is -0.500. The van der Waals surface area contributed by atoms with E-state index in [1.165, 1.54) is 0 Å². The van der Waals surface area contributed by atoms with Gasteiger partial charge >= 0.3 is 0 Å². The van der Waals surface area contributed by atoms with E-state index in [-0.39, 0.29) is 29.2 Å². The van der Waals surface area contributed by atoms with Crippen molar-refractivity contribution in [1.82, 2.24) is 0 Å². The minimum Gasteiger partial charge on any atom is -0.512 e. The van der Waals surface area contributed by atoms with Gasteiger partial charge in [0.2, 0.25) is 0 Å². The molecule has 0 spiro atoms. The number of allylic oxidation sites excluding steroid dienone is 4. The summed E-state index contributed by atoms with van der Waals surface area (Å²) in [5, 5.41) is 10.6. The first kappa shape index (κ1) is 16.1. The summed E-state index contributed by atoms with van der Waals surface area (Å²) in [5.41, 5.74) is 1.76. The lowest BCUT2D eigenvalue weighted by Gasteiger charge is -2.36. The number of para-hydroxylation sites is 1. The normalized spacial score (nSPS) is 29.3. The van der Waals surface area contributed by atoms with Gasteiger partial charge in [-0.3, -0.25) is 9.59 Å². The number of aliphatic hydroxyl groups is 1. The molecule has 4 heteroatoms. The van der Waals surface area contributed by atoms with E-state index in [0.717, 1.165) is 5.56 Å². The fraction of sp³-hybridized carbons (Fsp3) is 0.429. The third-order valence-corrected chi connectivity index (χ3v) is 5.40. The smallest absolute Gasteiger partial charge is 0.163 e. The lowest BCUT2D eigenvalue weighted by atomic mass is 9.71. The van der Waals surface area contributed by atoms with Crippen LogP contribution in [0.15, 0.2) is 46.9 Å². The topological polar surface area (TPSA) is 63.6 Å². The average molecular weight is 338 g/mol. The van der Waals surface area contributed by atoms with Crippen molar-refractivity contribution in [3.8, 4) is 5.75 Å². The molecule has 3 atom stereocenters. The predicted molar refractivity (Wildman–Crippen MR) is 93.3 cm³/mol. The van der Waals surface area contributed by atoms with Gasteiger partial charge in [-0.2, -0.15) is 0 Å². The van der Waals surface area contributed by atoms with E-state index in [4.69, 9.17) is 4.74 Å². The second-order valence-corrected chi connectivity index (χ2v) is 7.64. The highest BCUT2D eigenvalue weighted by Gasteiger charge is 2.43. The Hall–Kier alpha value is -2.36. The molecule has 1 N–H and O–H groups in total. The van der Waals surface area contributed by atoms with Crippen LogP contribution in [-0.4, -0.2) is 16.7 Å². The number of ketones is 2. The second-order valence-electron chi connectivity index (χ2n) is 7.64. The number of ether oxygens (including phenoxy) is 1. The molecular formula is C21H22O4. The third kappa shape index (κ3) is 2.60. The molecule has 2 aliphatic carbocycles. The molecule has 4 rings (SSSR count). The molecule has 1 heterocycles. The maximum Gasteiger partial charge on any atom is 0.163 e. The van der Waals surface area contributed by atoms with Gasteiger partial charge in [-0.15, -0.1) is 0 Å². The predicted octanol–water partition coefficient (Wildman–Crippen LogP) is 4.23. The molecular weight excluding hydrogens is 316 g/mol. The molecule has 3 aliphatic rings. The van der Waals surface area contributed by atoms with E-state index < -0.39 is 5.92 Å². The Morgan fingerprint density at radius 3 is 2.28 bits per heavy atom. The van der Waals surface area contributed by atoms with E-state index >= 15 is 0 Å². The maximum atomic E-state index is 12.8. The molecule has 130 valence electrons. The van der Waals surface area contributed by atoms with Crippen LogP contribution in [0, 0.1) is 11.8 Å². The highest BCUT2D eigenvalue weighted by Crippen LogP contribution is 2.49. The van der Waals surface area contributed by atoms with Crippen LogP contribution in [0.3, 0.4) is 0 Å². The Labute approximate surface area is 147 Å². The molecule has 4 nitrogen and oxygen atoms in total. The molecule has 1 aromatic carbocycles. The first-order valence-electron chi connectivity index (χ1n) is 8.94. The SMILES string of the molecule is CC1CC(=O)C(C2C3=C(CC(C)CC3=O)Oc3ccccc32)=C(O)C1. The van der Waals surface area contributed by atoms with Crippen molar-refractivity contribution in [2.24, 2.45) is 11.8 Å². The molecule has 0 saturated heterocycles. The van der Waals surface area contributed by atoms with Crippen molar-refractivity contribution in [2.45, 2.75) is 45.4 Å². The van der Waals surface area contributed by atoms with E-state index in [2.05, 4.69) is 0 Å². The zero-order chi connectivity index (χ0) is 17.7. The van der Waals surface area contributed by atoms with Crippen LogP contribution in [0.4, 0.5) is 0 Å². The summed E-state index contributed by atoms with van der Waals surface area (Å²) >= 11 is 0. The Morgan fingerprint density at radius 1 is 0.920 bits per heavy atom. The van der Waals surface area contributed by atoms with Crippen LogP contribution in [0.5, 0.6) is 5.75 Å². The van der Waals surface area contributed by atoms with Crippen molar-refractivity contribution in [2.75, 3.05) is 0 Å². The van der Waals surface area contributed by atoms with Crippen LogP contribution in [0.1, 0.15) is 51.0 Å². The van der Waals surface area contributed by atoms with Gasteiger partial charge in [-0.05, 0) is 17.9 Å². The first-order valence-corrected chi connectivity index (χ1v) is 8.94. The Morgan fingerprint density at radius 2 is 1.56 bits per heavy atom. The zero-order valence-corrected chi connectivity index (χ0v) is 14.5. The van der Waals surface area contributed by atoms with Gasteiger partial charge in [0.1, 0.15) is 17.3 Å². The highest BCUT2D eigenvalue weighted by molar-refractivity contribution is 6.05. The van der Waals surface area contributed by atoms with Crippen LogP contribution < -0.4 is 4.74 Å². The second kappa shape index (κ2) is 5.87. The van der Waals surface area contributed by atoms with E-state index in [1.54, 1.807) is 0 Å². The lowest BCUT2D eigenvalue weighted by molar-refractivity contribution is -0.118. The number of carbonyl (C=O) groups is 2. The van der Waals surface area contributed by atoms with Gasteiger partial charge in [-0.25, -0.2) is 0 Å². The van der Waals surface area contributed by atoms with Gasteiger partial charge in [0.25, 0.3) is 0 Å². The monoisotopic (exact) mass is 338 g/mol.